The zero-order valence-corrected chi connectivity index (χ0v) is 19.2. The summed E-state index contributed by atoms with van der Waals surface area (Å²) in [6.45, 7) is 4.98. The Morgan fingerprint density at radius 2 is 2.00 bits per heavy atom. The van der Waals surface area contributed by atoms with Crippen LogP contribution in [-0.2, 0) is 0 Å². The number of hydrogen-bond acceptors (Lipinski definition) is 6. The van der Waals surface area contributed by atoms with E-state index < -0.39 is 5.82 Å². The highest BCUT2D eigenvalue weighted by molar-refractivity contribution is 6.01. The third kappa shape index (κ3) is 4.23. The van der Waals surface area contributed by atoms with E-state index in [0.717, 1.165) is 18.4 Å². The van der Waals surface area contributed by atoms with Gasteiger partial charge in [0, 0.05) is 31.0 Å². The number of anilines is 1. The van der Waals surface area contributed by atoms with Crippen LogP contribution in [0.4, 0.5) is 10.4 Å². The van der Waals surface area contributed by atoms with E-state index >= 15 is 0 Å². The van der Waals surface area contributed by atoms with Crippen molar-refractivity contribution >= 4 is 23.0 Å². The van der Waals surface area contributed by atoms with Crippen molar-refractivity contribution in [1.29, 1.82) is 0 Å². The lowest BCUT2D eigenvalue weighted by molar-refractivity contribution is 0.0539. The molecule has 2 aromatic heterocycles. The lowest BCUT2D eigenvalue weighted by Gasteiger charge is -2.40. The first-order valence-electron chi connectivity index (χ1n) is 11.5. The van der Waals surface area contributed by atoms with E-state index in [4.69, 9.17) is 4.42 Å². The van der Waals surface area contributed by atoms with Gasteiger partial charge in [-0.3, -0.25) is 4.79 Å². The number of oxazole rings is 1. The Balaban J connectivity index is 1.45. The molecule has 0 spiro atoms. The van der Waals surface area contributed by atoms with Gasteiger partial charge >= 0.3 is 0 Å². The Hall–Kier alpha value is -3.81. The predicted molar refractivity (Wildman–Crippen MR) is 128 cm³/mol. The van der Waals surface area contributed by atoms with Gasteiger partial charge in [0.25, 0.3) is 11.9 Å². The van der Waals surface area contributed by atoms with Crippen molar-refractivity contribution < 1.29 is 13.6 Å². The molecule has 0 unspecified atom stereocenters. The second-order valence-corrected chi connectivity index (χ2v) is 8.77. The highest BCUT2D eigenvalue weighted by atomic mass is 19.1. The number of hydrogen-bond donors (Lipinski definition) is 1. The number of benzene rings is 2. The van der Waals surface area contributed by atoms with Crippen molar-refractivity contribution in [3.8, 4) is 11.4 Å². The van der Waals surface area contributed by atoms with Crippen molar-refractivity contribution in [2.45, 2.75) is 32.7 Å². The third-order valence-corrected chi connectivity index (χ3v) is 6.45. The Bertz CT molecular complexity index is 1290. The number of carbonyl (C=O) groups is 1. The molecular weight excluding hydrogens is 433 g/mol. The summed E-state index contributed by atoms with van der Waals surface area (Å²) >= 11 is 0. The van der Waals surface area contributed by atoms with Gasteiger partial charge in [-0.25, -0.2) is 14.4 Å². The Kier molecular flexibility index (Phi) is 5.96. The average molecular weight is 460 g/mol. The van der Waals surface area contributed by atoms with Crippen molar-refractivity contribution in [1.82, 2.24) is 19.9 Å². The van der Waals surface area contributed by atoms with Crippen LogP contribution in [-0.4, -0.2) is 44.9 Å². The van der Waals surface area contributed by atoms with E-state index in [1.807, 2.05) is 29.2 Å². The van der Waals surface area contributed by atoms with Gasteiger partial charge in [0.05, 0.1) is 11.6 Å². The van der Waals surface area contributed by atoms with Crippen molar-refractivity contribution in [3.63, 3.8) is 0 Å². The fourth-order valence-corrected chi connectivity index (χ4v) is 4.74. The lowest BCUT2D eigenvalue weighted by atomic mass is 9.89. The molecule has 174 valence electrons. The number of aromatic nitrogens is 3. The molecule has 1 aliphatic heterocycles. The van der Waals surface area contributed by atoms with E-state index in [-0.39, 0.29) is 23.4 Å². The largest absolute Gasteiger partial charge is 0.424 e. The monoisotopic (exact) mass is 459 g/mol. The summed E-state index contributed by atoms with van der Waals surface area (Å²) < 4.78 is 20.2. The molecule has 1 amide bonds. The highest BCUT2D eigenvalue weighted by Crippen LogP contribution is 2.31. The first-order valence-corrected chi connectivity index (χ1v) is 11.5. The average Bonchev–Trinajstić information content (AvgIpc) is 3.26. The van der Waals surface area contributed by atoms with Crippen LogP contribution in [0.5, 0.6) is 0 Å². The molecule has 0 aliphatic carbocycles. The van der Waals surface area contributed by atoms with E-state index in [9.17, 15) is 9.18 Å². The smallest absolute Gasteiger partial charge is 0.295 e. The van der Waals surface area contributed by atoms with Crippen LogP contribution in [0, 0.1) is 18.7 Å². The molecule has 8 heteroatoms. The summed E-state index contributed by atoms with van der Waals surface area (Å²) in [6.07, 6.45) is 5.13. The number of para-hydroxylation sites is 2. The van der Waals surface area contributed by atoms with Crippen LogP contribution >= 0.6 is 0 Å². The summed E-state index contributed by atoms with van der Waals surface area (Å²) in [5, 5.41) is 3.27. The van der Waals surface area contributed by atoms with E-state index in [1.54, 1.807) is 25.4 Å². The van der Waals surface area contributed by atoms with Crippen molar-refractivity contribution in [2.75, 3.05) is 18.4 Å². The molecular formula is C26H26FN5O2. The van der Waals surface area contributed by atoms with Crippen LogP contribution in [0.15, 0.2) is 59.3 Å². The highest BCUT2D eigenvalue weighted by Gasteiger charge is 2.34. The molecule has 0 saturated carbocycles. The minimum absolute atomic E-state index is 0.107. The molecule has 1 fully saturated rings. The van der Waals surface area contributed by atoms with Gasteiger partial charge in [0.2, 0.25) is 0 Å². The molecule has 0 radical (unpaired) electrons. The molecule has 2 atom stereocenters. The quantitative estimate of drug-likeness (QED) is 0.448. The molecule has 34 heavy (non-hydrogen) atoms. The fourth-order valence-electron chi connectivity index (χ4n) is 4.74. The van der Waals surface area contributed by atoms with Crippen LogP contribution in [0.1, 0.15) is 35.7 Å². The SMILES string of the molecule is Cc1cc(F)cc(C(=O)N2CCC[C@@H](C)[C@H]2CNc2nc3ccccc3o2)c1-c1ncccn1. The minimum atomic E-state index is -0.452. The topological polar surface area (TPSA) is 84.2 Å². The first kappa shape index (κ1) is 22.0. The fraction of sp³-hybridized carbons (Fsp3) is 0.308. The van der Waals surface area contributed by atoms with Gasteiger partial charge in [0.1, 0.15) is 11.3 Å². The maximum atomic E-state index is 14.5. The van der Waals surface area contributed by atoms with Crippen LogP contribution in [0.25, 0.3) is 22.5 Å². The summed E-state index contributed by atoms with van der Waals surface area (Å²) in [6, 6.07) is 12.3. The molecule has 1 N–H and O–H groups in total. The molecule has 1 aliphatic rings. The summed E-state index contributed by atoms with van der Waals surface area (Å²) in [7, 11) is 0. The number of nitrogens with one attached hydrogen (secondary N) is 1. The Morgan fingerprint density at radius 1 is 1.21 bits per heavy atom. The summed E-state index contributed by atoms with van der Waals surface area (Å²) in [5.74, 6) is -0.0112. The van der Waals surface area contributed by atoms with E-state index in [0.29, 0.717) is 41.6 Å². The number of nitrogens with zero attached hydrogens (tertiary/aromatic N) is 4. The minimum Gasteiger partial charge on any atom is -0.424 e. The van der Waals surface area contributed by atoms with Gasteiger partial charge < -0.3 is 14.6 Å². The molecule has 3 heterocycles. The zero-order chi connectivity index (χ0) is 23.7. The normalized spacial score (nSPS) is 18.3. The van der Waals surface area contributed by atoms with Gasteiger partial charge in [-0.1, -0.05) is 19.1 Å². The van der Waals surface area contributed by atoms with Gasteiger partial charge in [-0.2, -0.15) is 4.98 Å². The third-order valence-electron chi connectivity index (χ3n) is 6.45. The molecule has 5 rings (SSSR count). The predicted octanol–water partition coefficient (Wildman–Crippen LogP) is 5.09. The van der Waals surface area contributed by atoms with Gasteiger partial charge in [0.15, 0.2) is 11.4 Å². The van der Waals surface area contributed by atoms with Crippen molar-refractivity contribution in [2.24, 2.45) is 5.92 Å². The number of fused-ring (bicyclic) bond motifs is 1. The maximum Gasteiger partial charge on any atom is 0.295 e. The van der Waals surface area contributed by atoms with Crippen LogP contribution in [0.3, 0.4) is 0 Å². The standard InChI is InChI=1S/C26H26FN5O2/c1-16-7-5-12-32(21(16)15-30-26-31-20-8-3-4-9-22(20)34-26)25(33)19-14-18(27)13-17(2)23(19)24-28-10-6-11-29-24/h3-4,6,8-11,13-14,16,21H,5,7,12,15H2,1-2H3,(H,30,31)/t16-,21-/m1/s1. The Labute approximate surface area is 197 Å². The number of likely N-dealkylation sites (tertiary alicyclic amines) is 1. The van der Waals surface area contributed by atoms with Crippen molar-refractivity contribution in [3.05, 3.63) is 71.8 Å². The second kappa shape index (κ2) is 9.21. The number of rotatable bonds is 5. The van der Waals surface area contributed by atoms with Gasteiger partial charge in [-0.05, 0) is 61.6 Å². The van der Waals surface area contributed by atoms with Crippen LogP contribution in [0.2, 0.25) is 0 Å². The molecule has 1 saturated heterocycles. The zero-order valence-electron chi connectivity index (χ0n) is 19.2. The number of aryl methyl sites for hydroxylation is 1. The van der Waals surface area contributed by atoms with E-state index in [1.165, 1.54) is 12.1 Å². The number of carbonyl (C=O) groups excluding carboxylic acids is 1. The summed E-state index contributed by atoms with van der Waals surface area (Å²) in [5.41, 5.74) is 2.95. The lowest BCUT2D eigenvalue weighted by Crippen LogP contribution is -2.51. The van der Waals surface area contributed by atoms with Gasteiger partial charge in [-0.15, -0.1) is 0 Å². The molecule has 0 bridgehead atoms. The number of piperidine rings is 1. The number of amides is 1. The van der Waals surface area contributed by atoms with Crippen LogP contribution < -0.4 is 5.32 Å². The molecule has 7 nitrogen and oxygen atoms in total. The van der Waals surface area contributed by atoms with E-state index in [2.05, 4.69) is 27.2 Å². The first-order chi connectivity index (χ1) is 16.5. The Morgan fingerprint density at radius 3 is 2.79 bits per heavy atom. The second-order valence-electron chi connectivity index (χ2n) is 8.77. The number of halogens is 1. The summed E-state index contributed by atoms with van der Waals surface area (Å²) in [4.78, 5) is 28.8. The molecule has 2 aromatic carbocycles. The maximum absolute atomic E-state index is 14.5. The molecule has 4 aromatic rings.